The molecule has 26 heavy (non-hydrogen) atoms. The Balaban J connectivity index is 1.95. The minimum Gasteiger partial charge on any atom is -0.508 e. The quantitative estimate of drug-likeness (QED) is 0.602. The third-order valence-electron chi connectivity index (χ3n) is 4.24. The van der Waals surface area contributed by atoms with E-state index in [-0.39, 0.29) is 18.2 Å². The van der Waals surface area contributed by atoms with E-state index in [4.69, 9.17) is 4.42 Å². The van der Waals surface area contributed by atoms with Crippen LogP contribution >= 0.6 is 0 Å². The molecule has 0 aliphatic heterocycles. The molecule has 2 aromatic rings. The molecule has 0 saturated carbocycles. The van der Waals surface area contributed by atoms with Crippen molar-refractivity contribution in [3.63, 3.8) is 0 Å². The van der Waals surface area contributed by atoms with Gasteiger partial charge in [-0.25, -0.2) is 0 Å². The Morgan fingerprint density at radius 2 is 1.85 bits per heavy atom. The molecule has 2 amide bonds. The van der Waals surface area contributed by atoms with Crippen LogP contribution in [0, 0.1) is 5.41 Å². The van der Waals surface area contributed by atoms with Crippen molar-refractivity contribution in [2.24, 2.45) is 5.41 Å². The van der Waals surface area contributed by atoms with Crippen LogP contribution < -0.4 is 10.6 Å². The normalized spacial score (nSPS) is 13.7. The van der Waals surface area contributed by atoms with E-state index in [0.29, 0.717) is 11.3 Å². The smallest absolute Gasteiger partial charge is 0.242 e. The number of hydrogen-bond donors (Lipinski definition) is 4. The highest BCUT2D eigenvalue weighted by atomic mass is 16.3. The Bertz CT molecular complexity index is 738. The second-order valence-electron chi connectivity index (χ2n) is 6.71. The molecule has 0 saturated heterocycles. The molecule has 1 aromatic heterocycles. The third kappa shape index (κ3) is 4.64. The van der Waals surface area contributed by atoms with Crippen molar-refractivity contribution < 1.29 is 24.2 Å². The molecule has 0 fully saturated rings. The Morgan fingerprint density at radius 3 is 2.42 bits per heavy atom. The number of rotatable bonds is 7. The summed E-state index contributed by atoms with van der Waals surface area (Å²) < 4.78 is 5.13. The summed E-state index contributed by atoms with van der Waals surface area (Å²) in [6.07, 6.45) is 0.418. The second-order valence-corrected chi connectivity index (χ2v) is 6.71. The molecule has 140 valence electrons. The summed E-state index contributed by atoms with van der Waals surface area (Å²) in [5.41, 5.74) is -0.676. The summed E-state index contributed by atoms with van der Waals surface area (Å²) in [4.78, 5) is 24.7. The molecule has 2 atom stereocenters. The first-order chi connectivity index (χ1) is 12.2. The lowest BCUT2D eigenvalue weighted by Gasteiger charge is -2.30. The van der Waals surface area contributed by atoms with Gasteiger partial charge in [-0.15, -0.1) is 0 Å². The number of aliphatic hydroxyl groups excluding tert-OH is 1. The molecular weight excluding hydrogens is 336 g/mol. The maximum absolute atomic E-state index is 12.6. The van der Waals surface area contributed by atoms with Gasteiger partial charge < -0.3 is 25.3 Å². The van der Waals surface area contributed by atoms with Gasteiger partial charge in [0.25, 0.3) is 0 Å². The van der Waals surface area contributed by atoms with Crippen molar-refractivity contribution in [1.82, 2.24) is 10.6 Å². The number of phenols is 1. The van der Waals surface area contributed by atoms with Crippen LogP contribution in [0.3, 0.4) is 0 Å². The maximum Gasteiger partial charge on any atom is 0.242 e. The van der Waals surface area contributed by atoms with Crippen molar-refractivity contribution >= 4 is 11.8 Å². The Hall–Kier alpha value is -2.80. The Morgan fingerprint density at radius 1 is 1.19 bits per heavy atom. The van der Waals surface area contributed by atoms with E-state index in [9.17, 15) is 19.8 Å². The molecule has 0 unspecified atom stereocenters. The molecule has 2 rings (SSSR count). The molecule has 4 N–H and O–H groups in total. The average molecular weight is 360 g/mol. The zero-order valence-electron chi connectivity index (χ0n) is 15.0. The first-order valence-electron chi connectivity index (χ1n) is 8.30. The van der Waals surface area contributed by atoms with Crippen molar-refractivity contribution in [1.29, 1.82) is 0 Å². The second kappa shape index (κ2) is 8.05. The van der Waals surface area contributed by atoms with Crippen LogP contribution in [0.15, 0.2) is 47.1 Å². The summed E-state index contributed by atoms with van der Waals surface area (Å²) >= 11 is 0. The largest absolute Gasteiger partial charge is 0.508 e. The predicted octanol–water partition coefficient (Wildman–Crippen LogP) is 1.87. The molecular formula is C19H24N2O5. The van der Waals surface area contributed by atoms with Crippen molar-refractivity contribution in [3.05, 3.63) is 54.0 Å². The van der Waals surface area contributed by atoms with Gasteiger partial charge in [-0.1, -0.05) is 12.1 Å². The fraction of sp³-hybridized carbons (Fsp3) is 0.368. The fourth-order valence-electron chi connectivity index (χ4n) is 2.39. The zero-order chi connectivity index (χ0) is 19.3. The Kier molecular flexibility index (Phi) is 6.05. The number of carbonyl (C=O) groups excluding carboxylic acids is 2. The van der Waals surface area contributed by atoms with Gasteiger partial charge in [0.2, 0.25) is 11.8 Å². The highest BCUT2D eigenvalue weighted by Gasteiger charge is 2.37. The molecule has 0 bridgehead atoms. The fourth-order valence-corrected chi connectivity index (χ4v) is 2.39. The number of aromatic hydroxyl groups is 1. The lowest BCUT2D eigenvalue weighted by atomic mass is 9.81. The molecule has 1 heterocycles. The Labute approximate surface area is 152 Å². The van der Waals surface area contributed by atoms with Crippen molar-refractivity contribution in [3.8, 4) is 5.75 Å². The van der Waals surface area contributed by atoms with E-state index in [1.165, 1.54) is 18.4 Å². The zero-order valence-corrected chi connectivity index (χ0v) is 15.0. The third-order valence-corrected chi connectivity index (χ3v) is 4.24. The number of furan rings is 1. The van der Waals surface area contributed by atoms with E-state index < -0.39 is 23.5 Å². The van der Waals surface area contributed by atoms with E-state index in [1.54, 1.807) is 45.0 Å². The summed E-state index contributed by atoms with van der Waals surface area (Å²) in [5, 5.41) is 25.2. The standard InChI is InChI=1S/C19H24N2O5/c1-12(17(24)20-11-15-5-4-10-26-15)21-18(25)19(2,3)16(23)13-6-8-14(22)9-7-13/h4-10,12,16,22-23H,11H2,1-3H3,(H,20,24)(H,21,25)/t12-,16-/m0/s1. The molecule has 7 nitrogen and oxygen atoms in total. The van der Waals surface area contributed by atoms with Gasteiger partial charge in [0.05, 0.1) is 24.3 Å². The number of hydrogen-bond acceptors (Lipinski definition) is 5. The molecule has 7 heteroatoms. The molecule has 0 aliphatic rings. The van der Waals surface area contributed by atoms with Gasteiger partial charge in [-0.3, -0.25) is 9.59 Å². The van der Waals surface area contributed by atoms with Crippen molar-refractivity contribution in [2.75, 3.05) is 0 Å². The highest BCUT2D eigenvalue weighted by Crippen LogP contribution is 2.34. The van der Waals surface area contributed by atoms with E-state index in [0.717, 1.165) is 0 Å². The van der Waals surface area contributed by atoms with Gasteiger partial charge in [0.1, 0.15) is 17.6 Å². The number of amides is 2. The summed E-state index contributed by atoms with van der Waals surface area (Å²) in [6, 6.07) is 8.67. The SMILES string of the molecule is C[C@H](NC(=O)C(C)(C)[C@@H](O)c1ccc(O)cc1)C(=O)NCc1ccco1. The number of phenolic OH excluding ortho intramolecular Hbond substituents is 1. The van der Waals surface area contributed by atoms with Gasteiger partial charge in [-0.2, -0.15) is 0 Å². The van der Waals surface area contributed by atoms with Gasteiger partial charge in [-0.05, 0) is 50.6 Å². The topological polar surface area (TPSA) is 112 Å². The lowest BCUT2D eigenvalue weighted by Crippen LogP contribution is -2.50. The van der Waals surface area contributed by atoms with E-state index in [1.807, 2.05) is 0 Å². The van der Waals surface area contributed by atoms with Gasteiger partial charge in [0, 0.05) is 0 Å². The number of aliphatic hydroxyl groups is 1. The first-order valence-corrected chi connectivity index (χ1v) is 8.30. The van der Waals surface area contributed by atoms with Crippen LogP contribution in [0.5, 0.6) is 5.75 Å². The maximum atomic E-state index is 12.6. The first kappa shape index (κ1) is 19.5. The number of benzene rings is 1. The van der Waals surface area contributed by atoms with Crippen LogP contribution in [0.1, 0.15) is 38.2 Å². The van der Waals surface area contributed by atoms with Crippen LogP contribution in [-0.4, -0.2) is 28.1 Å². The van der Waals surface area contributed by atoms with Crippen LogP contribution in [0.2, 0.25) is 0 Å². The van der Waals surface area contributed by atoms with Crippen LogP contribution in [-0.2, 0) is 16.1 Å². The lowest BCUT2D eigenvalue weighted by molar-refractivity contribution is -0.139. The summed E-state index contributed by atoms with van der Waals surface area (Å²) in [7, 11) is 0. The highest BCUT2D eigenvalue weighted by molar-refractivity contribution is 5.89. The molecule has 0 spiro atoms. The summed E-state index contributed by atoms with van der Waals surface area (Å²) in [5.74, 6) is -0.131. The number of nitrogens with one attached hydrogen (secondary N) is 2. The van der Waals surface area contributed by atoms with Crippen LogP contribution in [0.4, 0.5) is 0 Å². The predicted molar refractivity (Wildman–Crippen MR) is 95.0 cm³/mol. The minimum atomic E-state index is -1.17. The van der Waals surface area contributed by atoms with E-state index in [2.05, 4.69) is 10.6 Å². The average Bonchev–Trinajstić information content (AvgIpc) is 3.13. The molecule has 0 radical (unpaired) electrons. The summed E-state index contributed by atoms with van der Waals surface area (Å²) in [6.45, 7) is 4.98. The molecule has 0 aliphatic carbocycles. The van der Waals surface area contributed by atoms with Crippen LogP contribution in [0.25, 0.3) is 0 Å². The molecule has 1 aromatic carbocycles. The number of carbonyl (C=O) groups is 2. The van der Waals surface area contributed by atoms with Crippen molar-refractivity contribution in [2.45, 2.75) is 39.5 Å². The minimum absolute atomic E-state index is 0.0741. The monoisotopic (exact) mass is 360 g/mol. The van der Waals surface area contributed by atoms with Gasteiger partial charge >= 0.3 is 0 Å². The van der Waals surface area contributed by atoms with Gasteiger partial charge in [0.15, 0.2) is 0 Å². The van der Waals surface area contributed by atoms with E-state index >= 15 is 0 Å².